The zero-order valence-corrected chi connectivity index (χ0v) is 11.2. The topological polar surface area (TPSA) is 49.7 Å². The molecule has 0 heterocycles. The molecule has 0 aliphatic heterocycles. The Balaban J connectivity index is 1.99. The fourth-order valence-electron chi connectivity index (χ4n) is 1.88. The van der Waals surface area contributed by atoms with Crippen molar-refractivity contribution in [1.82, 2.24) is 0 Å². The van der Waals surface area contributed by atoms with Crippen LogP contribution in [-0.2, 0) is 0 Å². The van der Waals surface area contributed by atoms with Gasteiger partial charge in [0, 0.05) is 11.6 Å². The van der Waals surface area contributed by atoms with Gasteiger partial charge < -0.3 is 14.9 Å². The van der Waals surface area contributed by atoms with E-state index in [9.17, 15) is 14.6 Å². The highest BCUT2D eigenvalue weighted by Gasteiger charge is 2.11. The maximum Gasteiger partial charge on any atom is 0.132 e. The second kappa shape index (κ2) is 6.50. The van der Waals surface area contributed by atoms with Crippen LogP contribution in [0.5, 0.6) is 5.75 Å². The van der Waals surface area contributed by atoms with E-state index in [0.717, 1.165) is 5.56 Å². The van der Waals surface area contributed by atoms with Gasteiger partial charge in [-0.15, -0.1) is 0 Å². The molecule has 106 valence electrons. The molecule has 1 unspecified atom stereocenters. The predicted molar refractivity (Wildman–Crippen MR) is 73.9 cm³/mol. The summed E-state index contributed by atoms with van der Waals surface area (Å²) in [6, 6.07) is 13.4. The molecule has 0 bridgehead atoms. The average molecular weight is 276 g/mol. The van der Waals surface area contributed by atoms with E-state index >= 15 is 0 Å². The van der Waals surface area contributed by atoms with Crippen molar-refractivity contribution in [3.05, 3.63) is 65.5 Å². The van der Waals surface area contributed by atoms with Crippen LogP contribution < -0.4 is 4.74 Å². The van der Waals surface area contributed by atoms with Crippen LogP contribution in [0.25, 0.3) is 0 Å². The first-order chi connectivity index (χ1) is 9.58. The van der Waals surface area contributed by atoms with Gasteiger partial charge in [0.25, 0.3) is 0 Å². The zero-order valence-electron chi connectivity index (χ0n) is 11.2. The third kappa shape index (κ3) is 3.56. The lowest BCUT2D eigenvalue weighted by Crippen LogP contribution is -2.09. The highest BCUT2D eigenvalue weighted by atomic mass is 19.1. The molecule has 0 saturated heterocycles. The molecule has 0 saturated carbocycles. The minimum Gasteiger partial charge on any atom is -0.490 e. The average Bonchev–Trinajstić information content (AvgIpc) is 2.45. The Morgan fingerprint density at radius 2 is 1.80 bits per heavy atom. The molecular formula is C16H17FO3. The van der Waals surface area contributed by atoms with Crippen molar-refractivity contribution in [2.75, 3.05) is 6.61 Å². The van der Waals surface area contributed by atoms with Gasteiger partial charge in [-0.3, -0.25) is 0 Å². The van der Waals surface area contributed by atoms with Crippen LogP contribution in [0.2, 0.25) is 0 Å². The number of halogens is 1. The molecule has 0 aliphatic carbocycles. The SMILES string of the molecule is C[C@H](O)c1ccc(OCC(O)c2ccccc2)cc1F. The van der Waals surface area contributed by atoms with Crippen LogP contribution in [0.3, 0.4) is 0 Å². The molecule has 2 rings (SSSR count). The van der Waals surface area contributed by atoms with E-state index in [-0.39, 0.29) is 12.2 Å². The van der Waals surface area contributed by atoms with Crippen LogP contribution in [0.15, 0.2) is 48.5 Å². The molecule has 2 aromatic rings. The quantitative estimate of drug-likeness (QED) is 0.882. The summed E-state index contributed by atoms with van der Waals surface area (Å²) in [5, 5.41) is 19.3. The Labute approximate surface area is 117 Å². The van der Waals surface area contributed by atoms with Crippen molar-refractivity contribution in [3.8, 4) is 5.75 Å². The van der Waals surface area contributed by atoms with Gasteiger partial charge in [0.15, 0.2) is 0 Å². The molecule has 0 amide bonds. The number of aliphatic hydroxyl groups is 2. The zero-order chi connectivity index (χ0) is 14.5. The number of hydrogen-bond acceptors (Lipinski definition) is 3. The highest BCUT2D eigenvalue weighted by molar-refractivity contribution is 5.30. The van der Waals surface area contributed by atoms with Gasteiger partial charge in [0.05, 0.1) is 6.10 Å². The Kier molecular flexibility index (Phi) is 4.71. The first-order valence-corrected chi connectivity index (χ1v) is 6.41. The van der Waals surface area contributed by atoms with Gasteiger partial charge in [-0.25, -0.2) is 4.39 Å². The monoisotopic (exact) mass is 276 g/mol. The third-order valence-corrected chi connectivity index (χ3v) is 3.01. The van der Waals surface area contributed by atoms with Crippen molar-refractivity contribution in [1.29, 1.82) is 0 Å². The molecule has 2 N–H and O–H groups in total. The number of rotatable bonds is 5. The van der Waals surface area contributed by atoms with E-state index in [1.54, 1.807) is 18.2 Å². The molecule has 20 heavy (non-hydrogen) atoms. The van der Waals surface area contributed by atoms with Crippen molar-refractivity contribution >= 4 is 0 Å². The lowest BCUT2D eigenvalue weighted by Gasteiger charge is -2.14. The minimum atomic E-state index is -0.862. The van der Waals surface area contributed by atoms with E-state index in [1.807, 2.05) is 18.2 Å². The van der Waals surface area contributed by atoms with Crippen molar-refractivity contribution in [3.63, 3.8) is 0 Å². The molecule has 3 nitrogen and oxygen atoms in total. The van der Waals surface area contributed by atoms with Crippen LogP contribution in [0.4, 0.5) is 4.39 Å². The molecule has 0 aliphatic rings. The lowest BCUT2D eigenvalue weighted by atomic mass is 10.1. The van der Waals surface area contributed by atoms with Crippen molar-refractivity contribution in [2.24, 2.45) is 0 Å². The fraction of sp³-hybridized carbons (Fsp3) is 0.250. The molecule has 0 spiro atoms. The summed E-state index contributed by atoms with van der Waals surface area (Å²) >= 11 is 0. The van der Waals surface area contributed by atoms with Crippen LogP contribution in [0, 0.1) is 5.82 Å². The van der Waals surface area contributed by atoms with Gasteiger partial charge in [0.1, 0.15) is 24.3 Å². The van der Waals surface area contributed by atoms with Gasteiger partial charge in [-0.05, 0) is 24.6 Å². The van der Waals surface area contributed by atoms with Crippen LogP contribution in [0.1, 0.15) is 30.3 Å². The maximum atomic E-state index is 13.6. The smallest absolute Gasteiger partial charge is 0.132 e. The molecule has 0 radical (unpaired) electrons. The molecular weight excluding hydrogens is 259 g/mol. The number of hydrogen-bond donors (Lipinski definition) is 2. The standard InChI is InChI=1S/C16H17FO3/c1-11(18)14-8-7-13(9-15(14)17)20-10-16(19)12-5-3-2-4-6-12/h2-9,11,16,18-19H,10H2,1H3/t11-,16?/m0/s1. The number of aliphatic hydroxyl groups excluding tert-OH is 2. The van der Waals surface area contributed by atoms with Crippen LogP contribution >= 0.6 is 0 Å². The van der Waals surface area contributed by atoms with Gasteiger partial charge in [-0.2, -0.15) is 0 Å². The Morgan fingerprint density at radius 3 is 2.40 bits per heavy atom. The lowest BCUT2D eigenvalue weighted by molar-refractivity contribution is 0.108. The summed E-state index contributed by atoms with van der Waals surface area (Å²) in [7, 11) is 0. The van der Waals surface area contributed by atoms with Crippen LogP contribution in [-0.4, -0.2) is 16.8 Å². The molecule has 4 heteroatoms. The molecule has 2 atom stereocenters. The largest absolute Gasteiger partial charge is 0.490 e. The van der Waals surface area contributed by atoms with Crippen molar-refractivity contribution < 1.29 is 19.3 Å². The molecule has 0 fully saturated rings. The molecule has 2 aromatic carbocycles. The number of ether oxygens (including phenoxy) is 1. The summed E-state index contributed by atoms with van der Waals surface area (Å²) in [4.78, 5) is 0. The molecule has 0 aromatic heterocycles. The summed E-state index contributed by atoms with van der Waals surface area (Å²) in [6.45, 7) is 1.54. The predicted octanol–water partition coefficient (Wildman–Crippen LogP) is 2.99. The van der Waals surface area contributed by atoms with Gasteiger partial charge >= 0.3 is 0 Å². The first-order valence-electron chi connectivity index (χ1n) is 6.41. The second-order valence-corrected chi connectivity index (χ2v) is 4.60. The highest BCUT2D eigenvalue weighted by Crippen LogP contribution is 2.22. The summed E-state index contributed by atoms with van der Waals surface area (Å²) < 4.78 is 19.0. The van der Waals surface area contributed by atoms with E-state index < -0.39 is 18.0 Å². The summed E-state index contributed by atoms with van der Waals surface area (Å²) in [6.07, 6.45) is -1.63. The summed E-state index contributed by atoms with van der Waals surface area (Å²) in [5.74, 6) is -0.200. The van der Waals surface area contributed by atoms with E-state index in [1.165, 1.54) is 19.1 Å². The van der Waals surface area contributed by atoms with E-state index in [4.69, 9.17) is 4.74 Å². The normalized spacial score (nSPS) is 13.8. The van der Waals surface area contributed by atoms with Crippen molar-refractivity contribution in [2.45, 2.75) is 19.1 Å². The van der Waals surface area contributed by atoms with Gasteiger partial charge in [0.2, 0.25) is 0 Å². The first kappa shape index (κ1) is 14.5. The fourth-order valence-corrected chi connectivity index (χ4v) is 1.88. The van der Waals surface area contributed by atoms with E-state index in [2.05, 4.69) is 0 Å². The Morgan fingerprint density at radius 1 is 1.10 bits per heavy atom. The van der Waals surface area contributed by atoms with E-state index in [0.29, 0.717) is 5.75 Å². The Bertz CT molecular complexity index is 555. The number of benzene rings is 2. The maximum absolute atomic E-state index is 13.6. The minimum absolute atomic E-state index is 0.0392. The summed E-state index contributed by atoms with van der Waals surface area (Å²) in [5.41, 5.74) is 0.967. The Hall–Kier alpha value is -1.91. The van der Waals surface area contributed by atoms with Gasteiger partial charge in [-0.1, -0.05) is 30.3 Å². The second-order valence-electron chi connectivity index (χ2n) is 4.60. The third-order valence-electron chi connectivity index (χ3n) is 3.01.